The van der Waals surface area contributed by atoms with Gasteiger partial charge in [-0.3, -0.25) is 4.79 Å². The van der Waals surface area contributed by atoms with Gasteiger partial charge in [-0.25, -0.2) is 4.39 Å². The lowest BCUT2D eigenvalue weighted by molar-refractivity contribution is -0.116. The molecule has 0 saturated carbocycles. The van der Waals surface area contributed by atoms with E-state index in [4.69, 9.17) is 4.74 Å². The molecule has 4 nitrogen and oxygen atoms in total. The maximum atomic E-state index is 13.6. The number of carbonyl (C=O) groups excluding carboxylic acids is 1. The Kier molecular flexibility index (Phi) is 7.10. The van der Waals surface area contributed by atoms with Crippen molar-refractivity contribution in [3.63, 3.8) is 0 Å². The summed E-state index contributed by atoms with van der Waals surface area (Å²) in [6, 6.07) is 12.7. The standard InChI is InChI=1S/C20H25FN2O2/c1-14-6-4-5-7-19(14)23-20(24)10-15(2)22-12-16-8-9-18(21)17(11-16)13-25-3/h4-9,11,15,22H,10,12-13H2,1-3H3,(H,23,24)/t15-/m0/s1. The molecule has 0 radical (unpaired) electrons. The van der Waals surface area contributed by atoms with Crippen molar-refractivity contribution in [1.29, 1.82) is 0 Å². The van der Waals surface area contributed by atoms with E-state index in [1.807, 2.05) is 38.1 Å². The van der Waals surface area contributed by atoms with E-state index in [9.17, 15) is 9.18 Å². The lowest BCUT2D eigenvalue weighted by Crippen LogP contribution is -2.30. The predicted molar refractivity (Wildman–Crippen MR) is 97.8 cm³/mol. The van der Waals surface area contributed by atoms with Crippen LogP contribution in [0.4, 0.5) is 10.1 Å². The molecule has 25 heavy (non-hydrogen) atoms. The number of halogens is 1. The number of rotatable bonds is 8. The highest BCUT2D eigenvalue weighted by Gasteiger charge is 2.10. The van der Waals surface area contributed by atoms with Gasteiger partial charge in [-0.1, -0.05) is 24.3 Å². The molecule has 5 heteroatoms. The molecule has 1 amide bonds. The number of nitrogens with one attached hydrogen (secondary N) is 2. The number of hydrogen-bond donors (Lipinski definition) is 2. The van der Waals surface area contributed by atoms with Gasteiger partial charge in [-0.05, 0) is 43.2 Å². The monoisotopic (exact) mass is 344 g/mol. The van der Waals surface area contributed by atoms with Crippen molar-refractivity contribution in [3.05, 3.63) is 65.0 Å². The van der Waals surface area contributed by atoms with Crippen LogP contribution in [-0.2, 0) is 22.7 Å². The fourth-order valence-corrected chi connectivity index (χ4v) is 2.56. The molecule has 2 N–H and O–H groups in total. The van der Waals surface area contributed by atoms with E-state index in [0.29, 0.717) is 18.5 Å². The Hall–Kier alpha value is -2.24. The smallest absolute Gasteiger partial charge is 0.225 e. The zero-order valence-corrected chi connectivity index (χ0v) is 14.9. The average Bonchev–Trinajstić information content (AvgIpc) is 2.58. The summed E-state index contributed by atoms with van der Waals surface area (Å²) in [6.45, 7) is 4.73. The molecule has 0 fully saturated rings. The summed E-state index contributed by atoms with van der Waals surface area (Å²) < 4.78 is 18.6. The summed E-state index contributed by atoms with van der Waals surface area (Å²) >= 11 is 0. The first-order valence-electron chi connectivity index (χ1n) is 8.34. The van der Waals surface area contributed by atoms with Crippen LogP contribution in [0.15, 0.2) is 42.5 Å². The van der Waals surface area contributed by atoms with Crippen LogP contribution < -0.4 is 10.6 Å². The Morgan fingerprint density at radius 2 is 2.00 bits per heavy atom. The van der Waals surface area contributed by atoms with E-state index < -0.39 is 0 Å². The second-order valence-electron chi connectivity index (χ2n) is 6.21. The van der Waals surface area contributed by atoms with Crippen LogP contribution in [0.5, 0.6) is 0 Å². The second-order valence-corrected chi connectivity index (χ2v) is 6.21. The van der Waals surface area contributed by atoms with Gasteiger partial charge in [0.25, 0.3) is 0 Å². The van der Waals surface area contributed by atoms with Crippen LogP contribution in [0, 0.1) is 12.7 Å². The maximum Gasteiger partial charge on any atom is 0.225 e. The Labute approximate surface area is 148 Å². The number of amides is 1. The minimum Gasteiger partial charge on any atom is -0.380 e. The zero-order chi connectivity index (χ0) is 18.2. The van der Waals surface area contributed by atoms with Gasteiger partial charge in [-0.2, -0.15) is 0 Å². The Morgan fingerprint density at radius 3 is 2.72 bits per heavy atom. The molecule has 0 aromatic heterocycles. The number of methoxy groups -OCH3 is 1. The molecule has 0 saturated heterocycles. The van der Waals surface area contributed by atoms with E-state index in [-0.39, 0.29) is 24.4 Å². The van der Waals surface area contributed by atoms with Gasteiger partial charge in [0, 0.05) is 37.4 Å². The van der Waals surface area contributed by atoms with Crippen molar-refractivity contribution in [2.75, 3.05) is 12.4 Å². The van der Waals surface area contributed by atoms with Crippen molar-refractivity contribution in [2.45, 2.75) is 39.5 Å². The fraction of sp³-hybridized carbons (Fsp3) is 0.350. The highest BCUT2D eigenvalue weighted by molar-refractivity contribution is 5.91. The molecule has 0 aliphatic heterocycles. The molecule has 2 aromatic rings. The van der Waals surface area contributed by atoms with E-state index in [2.05, 4.69) is 10.6 Å². The largest absolute Gasteiger partial charge is 0.380 e. The summed E-state index contributed by atoms with van der Waals surface area (Å²) in [5.41, 5.74) is 3.36. The molecular weight excluding hydrogens is 319 g/mol. The van der Waals surface area contributed by atoms with Crippen molar-refractivity contribution in [3.8, 4) is 0 Å². The van der Waals surface area contributed by atoms with Gasteiger partial charge in [0.2, 0.25) is 5.91 Å². The summed E-state index contributed by atoms with van der Waals surface area (Å²) in [6.07, 6.45) is 0.362. The summed E-state index contributed by atoms with van der Waals surface area (Å²) in [7, 11) is 1.54. The van der Waals surface area contributed by atoms with Crippen molar-refractivity contribution in [1.82, 2.24) is 5.32 Å². The van der Waals surface area contributed by atoms with Gasteiger partial charge in [0.05, 0.1) is 6.61 Å². The van der Waals surface area contributed by atoms with Gasteiger partial charge < -0.3 is 15.4 Å². The molecule has 134 valence electrons. The normalized spacial score (nSPS) is 12.0. The van der Waals surface area contributed by atoms with Gasteiger partial charge in [0.15, 0.2) is 0 Å². The predicted octanol–water partition coefficient (Wildman–Crippen LogP) is 3.79. The second kappa shape index (κ2) is 9.30. The van der Waals surface area contributed by atoms with Gasteiger partial charge in [0.1, 0.15) is 5.82 Å². The number of carbonyl (C=O) groups is 1. The number of ether oxygens (including phenoxy) is 1. The molecule has 2 aromatic carbocycles. The van der Waals surface area contributed by atoms with E-state index >= 15 is 0 Å². The minimum atomic E-state index is -0.267. The fourth-order valence-electron chi connectivity index (χ4n) is 2.56. The van der Waals surface area contributed by atoms with Crippen LogP contribution in [0.3, 0.4) is 0 Å². The van der Waals surface area contributed by atoms with Gasteiger partial charge >= 0.3 is 0 Å². The first-order valence-corrected chi connectivity index (χ1v) is 8.34. The molecule has 0 heterocycles. The van der Waals surface area contributed by atoms with Crippen LogP contribution in [-0.4, -0.2) is 19.1 Å². The van der Waals surface area contributed by atoms with Crippen LogP contribution in [0.2, 0.25) is 0 Å². The quantitative estimate of drug-likeness (QED) is 0.766. The highest BCUT2D eigenvalue weighted by Crippen LogP contribution is 2.14. The number of aryl methyl sites for hydroxylation is 1. The number of hydrogen-bond acceptors (Lipinski definition) is 3. The summed E-state index contributed by atoms with van der Waals surface area (Å²) in [5, 5.41) is 6.22. The Morgan fingerprint density at radius 1 is 1.24 bits per heavy atom. The third kappa shape index (κ3) is 5.96. The van der Waals surface area contributed by atoms with Gasteiger partial charge in [-0.15, -0.1) is 0 Å². The van der Waals surface area contributed by atoms with E-state index in [0.717, 1.165) is 16.8 Å². The molecule has 0 unspecified atom stereocenters. The first kappa shape index (κ1) is 19.1. The third-order valence-electron chi connectivity index (χ3n) is 3.98. The molecule has 1 atom stereocenters. The van der Waals surface area contributed by atoms with Crippen LogP contribution in [0.25, 0.3) is 0 Å². The molecule has 0 bridgehead atoms. The zero-order valence-electron chi connectivity index (χ0n) is 14.9. The Balaban J connectivity index is 1.84. The topological polar surface area (TPSA) is 50.4 Å². The summed E-state index contributed by atoms with van der Waals surface area (Å²) in [4.78, 5) is 12.2. The lowest BCUT2D eigenvalue weighted by Gasteiger charge is -2.15. The Bertz CT molecular complexity index is 719. The van der Waals surface area contributed by atoms with E-state index in [1.165, 1.54) is 6.07 Å². The highest BCUT2D eigenvalue weighted by atomic mass is 19.1. The molecule has 0 aliphatic carbocycles. The third-order valence-corrected chi connectivity index (χ3v) is 3.98. The van der Waals surface area contributed by atoms with Crippen molar-refractivity contribution >= 4 is 11.6 Å². The van der Waals surface area contributed by atoms with Crippen LogP contribution in [0.1, 0.15) is 30.0 Å². The average molecular weight is 344 g/mol. The minimum absolute atomic E-state index is 0.0000495. The number of anilines is 1. The summed E-state index contributed by atoms with van der Waals surface area (Å²) in [5.74, 6) is -0.301. The molecule has 2 rings (SSSR count). The van der Waals surface area contributed by atoms with E-state index in [1.54, 1.807) is 19.2 Å². The molecule has 0 aliphatic rings. The van der Waals surface area contributed by atoms with Crippen LogP contribution >= 0.6 is 0 Å². The molecular formula is C20H25FN2O2. The SMILES string of the molecule is COCc1cc(CN[C@@H](C)CC(=O)Nc2ccccc2C)ccc1F. The van der Waals surface area contributed by atoms with Crippen molar-refractivity contribution in [2.24, 2.45) is 0 Å². The maximum absolute atomic E-state index is 13.6. The number of para-hydroxylation sites is 1. The molecule has 0 spiro atoms. The number of benzene rings is 2. The lowest BCUT2D eigenvalue weighted by atomic mass is 10.1. The van der Waals surface area contributed by atoms with Crippen molar-refractivity contribution < 1.29 is 13.9 Å². The first-order chi connectivity index (χ1) is 12.0.